The largest absolute Gasteiger partial charge is 0.497 e. The van der Waals surface area contributed by atoms with Gasteiger partial charge in [-0.3, -0.25) is 9.36 Å². The van der Waals surface area contributed by atoms with Gasteiger partial charge in [-0.2, -0.15) is 0 Å². The van der Waals surface area contributed by atoms with Crippen molar-refractivity contribution < 1.29 is 9.53 Å². The average molecular weight is 423 g/mol. The molecule has 2 aromatic carbocycles. The second-order valence-corrected chi connectivity index (χ2v) is 8.56. The van der Waals surface area contributed by atoms with Crippen molar-refractivity contribution in [3.8, 4) is 17.1 Å². The van der Waals surface area contributed by atoms with Crippen molar-refractivity contribution in [1.29, 1.82) is 0 Å². The first kappa shape index (κ1) is 20.5. The third kappa shape index (κ3) is 4.21. The molecule has 0 radical (unpaired) electrons. The molecule has 0 bridgehead atoms. The number of thioether (sulfide) groups is 1. The maximum atomic E-state index is 12.8. The number of fused-ring (bicyclic) bond motifs is 1. The van der Waals surface area contributed by atoms with Gasteiger partial charge in [0, 0.05) is 24.7 Å². The van der Waals surface area contributed by atoms with Crippen molar-refractivity contribution in [3.63, 3.8) is 0 Å². The molecule has 1 aromatic heterocycles. The van der Waals surface area contributed by atoms with E-state index >= 15 is 0 Å². The van der Waals surface area contributed by atoms with E-state index in [-0.39, 0.29) is 11.9 Å². The fourth-order valence-corrected chi connectivity index (χ4v) is 4.67. The highest BCUT2D eigenvalue weighted by Gasteiger charge is 2.22. The zero-order valence-corrected chi connectivity index (χ0v) is 18.4. The molecular weight excluding hydrogens is 396 g/mol. The van der Waals surface area contributed by atoms with E-state index < -0.39 is 0 Å². The zero-order valence-electron chi connectivity index (χ0n) is 17.5. The SMILES string of the molecule is COc1ccc(-c2nnc(SCC(=O)N3CCc4ccccc4C3)n2C(C)C)cc1. The summed E-state index contributed by atoms with van der Waals surface area (Å²) in [6.07, 6.45) is 0.913. The van der Waals surface area contributed by atoms with Crippen molar-refractivity contribution in [2.24, 2.45) is 0 Å². The minimum atomic E-state index is 0.138. The maximum absolute atomic E-state index is 12.8. The van der Waals surface area contributed by atoms with Crippen molar-refractivity contribution >= 4 is 17.7 Å². The fourth-order valence-electron chi connectivity index (χ4n) is 3.70. The number of carbonyl (C=O) groups excluding carboxylic acids is 1. The topological polar surface area (TPSA) is 60.3 Å². The first-order valence-corrected chi connectivity index (χ1v) is 11.1. The van der Waals surface area contributed by atoms with E-state index in [0.29, 0.717) is 12.3 Å². The van der Waals surface area contributed by atoms with Crippen LogP contribution in [0.25, 0.3) is 11.4 Å². The van der Waals surface area contributed by atoms with Gasteiger partial charge in [-0.05, 0) is 55.7 Å². The molecule has 1 aliphatic heterocycles. The summed E-state index contributed by atoms with van der Waals surface area (Å²) in [6, 6.07) is 16.3. The van der Waals surface area contributed by atoms with Crippen molar-refractivity contribution in [1.82, 2.24) is 19.7 Å². The van der Waals surface area contributed by atoms with E-state index in [0.717, 1.165) is 35.3 Å². The zero-order chi connectivity index (χ0) is 21.1. The number of hydrogen-bond donors (Lipinski definition) is 0. The van der Waals surface area contributed by atoms with Crippen LogP contribution in [0.5, 0.6) is 5.75 Å². The van der Waals surface area contributed by atoms with Crippen LogP contribution in [0, 0.1) is 0 Å². The van der Waals surface area contributed by atoms with E-state index in [1.807, 2.05) is 35.2 Å². The third-order valence-corrected chi connectivity index (χ3v) is 6.27. The van der Waals surface area contributed by atoms with Gasteiger partial charge in [-0.25, -0.2) is 0 Å². The van der Waals surface area contributed by atoms with Crippen LogP contribution in [-0.4, -0.2) is 45.0 Å². The number of rotatable bonds is 6. The van der Waals surface area contributed by atoms with Crippen LogP contribution in [0.3, 0.4) is 0 Å². The summed E-state index contributed by atoms with van der Waals surface area (Å²) >= 11 is 1.46. The molecule has 1 amide bonds. The van der Waals surface area contributed by atoms with Crippen LogP contribution in [0.15, 0.2) is 53.7 Å². The molecule has 0 saturated carbocycles. The summed E-state index contributed by atoms with van der Waals surface area (Å²) in [5.41, 5.74) is 3.56. The van der Waals surface area contributed by atoms with Crippen LogP contribution in [0.4, 0.5) is 0 Å². The van der Waals surface area contributed by atoms with Crippen molar-refractivity contribution in [2.45, 2.75) is 38.0 Å². The lowest BCUT2D eigenvalue weighted by atomic mass is 10.00. The highest BCUT2D eigenvalue weighted by molar-refractivity contribution is 7.99. The molecule has 0 unspecified atom stereocenters. The second-order valence-electron chi connectivity index (χ2n) is 7.62. The monoisotopic (exact) mass is 422 g/mol. The number of benzene rings is 2. The Morgan fingerprint density at radius 3 is 2.53 bits per heavy atom. The minimum absolute atomic E-state index is 0.138. The summed E-state index contributed by atoms with van der Waals surface area (Å²) < 4.78 is 7.33. The van der Waals surface area contributed by atoms with E-state index in [9.17, 15) is 4.79 Å². The molecule has 0 aliphatic carbocycles. The molecule has 0 fully saturated rings. The molecule has 156 valence electrons. The second kappa shape index (κ2) is 8.92. The number of methoxy groups -OCH3 is 1. The number of amides is 1. The van der Waals surface area contributed by atoms with Gasteiger partial charge < -0.3 is 9.64 Å². The molecule has 0 saturated heterocycles. The Hall–Kier alpha value is -2.80. The quantitative estimate of drug-likeness (QED) is 0.557. The number of carbonyl (C=O) groups is 1. The van der Waals surface area contributed by atoms with Gasteiger partial charge in [0.2, 0.25) is 5.91 Å². The van der Waals surface area contributed by atoms with Gasteiger partial charge in [0.25, 0.3) is 0 Å². The Labute approximate surface area is 181 Å². The van der Waals surface area contributed by atoms with Crippen LogP contribution in [-0.2, 0) is 17.8 Å². The standard InChI is InChI=1S/C23H26N4O2S/c1-16(2)27-22(18-8-10-20(29-3)11-9-18)24-25-23(27)30-15-21(28)26-13-12-17-6-4-5-7-19(17)14-26/h4-11,16H,12-15H2,1-3H3. The maximum Gasteiger partial charge on any atom is 0.233 e. The van der Waals surface area contributed by atoms with Crippen LogP contribution in [0.2, 0.25) is 0 Å². The number of hydrogen-bond acceptors (Lipinski definition) is 5. The molecule has 0 N–H and O–H groups in total. The lowest BCUT2D eigenvalue weighted by Gasteiger charge is -2.28. The minimum Gasteiger partial charge on any atom is -0.497 e. The van der Waals surface area contributed by atoms with Gasteiger partial charge in [0.15, 0.2) is 11.0 Å². The molecule has 6 nitrogen and oxygen atoms in total. The summed E-state index contributed by atoms with van der Waals surface area (Å²) in [5, 5.41) is 9.56. The third-order valence-electron chi connectivity index (χ3n) is 5.34. The molecule has 2 heterocycles. The summed E-state index contributed by atoms with van der Waals surface area (Å²) in [4.78, 5) is 14.8. The predicted molar refractivity (Wildman–Crippen MR) is 119 cm³/mol. The molecule has 7 heteroatoms. The van der Waals surface area contributed by atoms with Crippen molar-refractivity contribution in [2.75, 3.05) is 19.4 Å². The van der Waals surface area contributed by atoms with Gasteiger partial charge in [-0.15, -0.1) is 10.2 Å². The van der Waals surface area contributed by atoms with E-state index in [2.05, 4.69) is 46.8 Å². The average Bonchev–Trinajstić information content (AvgIpc) is 3.21. The molecule has 0 spiro atoms. The predicted octanol–water partition coefficient (Wildman–Crippen LogP) is 4.21. The Balaban J connectivity index is 1.47. The Kier molecular flexibility index (Phi) is 6.08. The van der Waals surface area contributed by atoms with Gasteiger partial charge in [0.1, 0.15) is 5.75 Å². The highest BCUT2D eigenvalue weighted by atomic mass is 32.2. The van der Waals surface area contributed by atoms with Gasteiger partial charge in [-0.1, -0.05) is 36.0 Å². The Morgan fingerprint density at radius 1 is 1.10 bits per heavy atom. The van der Waals surface area contributed by atoms with Gasteiger partial charge in [0.05, 0.1) is 12.9 Å². The van der Waals surface area contributed by atoms with E-state index in [1.54, 1.807) is 7.11 Å². The molecule has 0 atom stereocenters. The molecule has 4 rings (SSSR count). The summed E-state index contributed by atoms with van der Waals surface area (Å²) in [7, 11) is 1.65. The number of ether oxygens (including phenoxy) is 1. The highest BCUT2D eigenvalue weighted by Crippen LogP contribution is 2.29. The van der Waals surface area contributed by atoms with Crippen LogP contribution >= 0.6 is 11.8 Å². The summed E-state index contributed by atoms with van der Waals surface area (Å²) in [6.45, 7) is 5.65. The smallest absolute Gasteiger partial charge is 0.233 e. The lowest BCUT2D eigenvalue weighted by Crippen LogP contribution is -2.37. The lowest BCUT2D eigenvalue weighted by molar-refractivity contribution is -0.129. The van der Waals surface area contributed by atoms with Crippen LogP contribution in [0.1, 0.15) is 31.0 Å². The van der Waals surface area contributed by atoms with Gasteiger partial charge >= 0.3 is 0 Å². The van der Waals surface area contributed by atoms with E-state index in [4.69, 9.17) is 4.74 Å². The summed E-state index contributed by atoms with van der Waals surface area (Å²) in [5.74, 6) is 2.10. The van der Waals surface area contributed by atoms with Crippen LogP contribution < -0.4 is 4.74 Å². The first-order chi connectivity index (χ1) is 14.6. The number of aromatic nitrogens is 3. The fraction of sp³-hybridized carbons (Fsp3) is 0.348. The molecule has 30 heavy (non-hydrogen) atoms. The van der Waals surface area contributed by atoms with Crippen molar-refractivity contribution in [3.05, 3.63) is 59.7 Å². The Bertz CT molecular complexity index is 1030. The molecule has 1 aliphatic rings. The normalized spacial score (nSPS) is 13.4. The van der Waals surface area contributed by atoms with E-state index in [1.165, 1.54) is 22.9 Å². The number of nitrogens with zero attached hydrogens (tertiary/aromatic N) is 4. The molecule has 3 aromatic rings. The molecular formula is C23H26N4O2S. The Morgan fingerprint density at radius 2 is 1.83 bits per heavy atom. The first-order valence-electron chi connectivity index (χ1n) is 10.1.